The molecular weight excluding hydrogens is 278 g/mol. The first kappa shape index (κ1) is 14.8. The van der Waals surface area contributed by atoms with E-state index in [1.165, 1.54) is 6.92 Å². The second kappa shape index (κ2) is 5.80. The lowest BCUT2D eigenvalue weighted by Crippen LogP contribution is -2.54. The average molecular weight is 293 g/mol. The number of anilines is 2. The first-order valence-corrected chi connectivity index (χ1v) is 6.28. The molecule has 2 rings (SSSR count). The van der Waals surface area contributed by atoms with Gasteiger partial charge >= 0.3 is 12.0 Å². The van der Waals surface area contributed by atoms with Crippen LogP contribution >= 0.6 is 0 Å². The summed E-state index contributed by atoms with van der Waals surface area (Å²) >= 11 is 0. The van der Waals surface area contributed by atoms with Crippen molar-refractivity contribution < 1.29 is 24.6 Å². The SMILES string of the molecule is C[C@@H](O)[C@H](NC(=O)N1CC(=O)Nc2ccccc21)C(=O)O. The quantitative estimate of drug-likeness (QED) is 0.625. The van der Waals surface area contributed by atoms with E-state index in [0.717, 1.165) is 4.90 Å². The minimum Gasteiger partial charge on any atom is -0.480 e. The second-order valence-corrected chi connectivity index (χ2v) is 4.66. The van der Waals surface area contributed by atoms with Gasteiger partial charge in [0.25, 0.3) is 0 Å². The second-order valence-electron chi connectivity index (χ2n) is 4.66. The van der Waals surface area contributed by atoms with Crippen LogP contribution in [0.1, 0.15) is 6.92 Å². The summed E-state index contributed by atoms with van der Waals surface area (Å²) in [6, 6.07) is 4.46. The molecule has 0 aliphatic carbocycles. The van der Waals surface area contributed by atoms with Crippen molar-refractivity contribution >= 4 is 29.3 Å². The Balaban J connectivity index is 2.23. The summed E-state index contributed by atoms with van der Waals surface area (Å²) < 4.78 is 0. The fraction of sp³-hybridized carbons (Fsp3) is 0.308. The maximum atomic E-state index is 12.2. The molecule has 0 spiro atoms. The molecule has 1 aliphatic rings. The lowest BCUT2D eigenvalue weighted by atomic mass is 10.1. The van der Waals surface area contributed by atoms with Crippen LogP contribution in [0.4, 0.5) is 16.2 Å². The standard InChI is InChI=1S/C13H15N3O5/c1-7(17)11(12(19)20)15-13(21)16-6-10(18)14-8-4-2-3-5-9(8)16/h2-5,7,11,17H,6H2,1H3,(H,14,18)(H,15,21)(H,19,20)/t7-,11+/m1/s1. The van der Waals surface area contributed by atoms with Gasteiger partial charge in [-0.3, -0.25) is 9.69 Å². The van der Waals surface area contributed by atoms with Crippen molar-refractivity contribution in [2.24, 2.45) is 0 Å². The van der Waals surface area contributed by atoms with Crippen LogP contribution in [0.2, 0.25) is 0 Å². The molecule has 8 heteroatoms. The largest absolute Gasteiger partial charge is 0.480 e. The number of carbonyl (C=O) groups is 3. The van der Waals surface area contributed by atoms with E-state index in [1.807, 2.05) is 0 Å². The monoisotopic (exact) mass is 293 g/mol. The van der Waals surface area contributed by atoms with E-state index in [9.17, 15) is 19.5 Å². The van der Waals surface area contributed by atoms with Crippen molar-refractivity contribution in [1.82, 2.24) is 5.32 Å². The van der Waals surface area contributed by atoms with E-state index in [-0.39, 0.29) is 12.5 Å². The summed E-state index contributed by atoms with van der Waals surface area (Å²) in [4.78, 5) is 35.9. The van der Waals surface area contributed by atoms with Crippen LogP contribution < -0.4 is 15.5 Å². The molecular formula is C13H15N3O5. The van der Waals surface area contributed by atoms with Crippen LogP contribution in [0.5, 0.6) is 0 Å². The number of nitrogens with one attached hydrogen (secondary N) is 2. The molecule has 1 heterocycles. The summed E-state index contributed by atoms with van der Waals surface area (Å²) in [5, 5.41) is 23.2. The van der Waals surface area contributed by atoms with Gasteiger partial charge in [-0.15, -0.1) is 0 Å². The number of urea groups is 1. The molecule has 1 aromatic rings. The number of aliphatic hydroxyl groups excluding tert-OH is 1. The smallest absolute Gasteiger partial charge is 0.328 e. The van der Waals surface area contributed by atoms with Gasteiger partial charge in [0.2, 0.25) is 5.91 Å². The topological polar surface area (TPSA) is 119 Å². The first-order chi connectivity index (χ1) is 9.90. The number of fused-ring (bicyclic) bond motifs is 1. The summed E-state index contributed by atoms with van der Waals surface area (Å²) in [5.41, 5.74) is 0.928. The fourth-order valence-corrected chi connectivity index (χ4v) is 2.01. The van der Waals surface area contributed by atoms with Crippen molar-refractivity contribution in [3.63, 3.8) is 0 Å². The number of amides is 3. The third-order valence-corrected chi connectivity index (χ3v) is 3.04. The highest BCUT2D eigenvalue weighted by Gasteiger charge is 2.31. The normalized spacial score (nSPS) is 16.5. The Morgan fingerprint density at radius 1 is 1.38 bits per heavy atom. The van der Waals surface area contributed by atoms with Gasteiger partial charge in [-0.05, 0) is 19.1 Å². The molecule has 1 aromatic carbocycles. The van der Waals surface area contributed by atoms with Crippen molar-refractivity contribution in [3.8, 4) is 0 Å². The van der Waals surface area contributed by atoms with E-state index in [0.29, 0.717) is 11.4 Å². The third-order valence-electron chi connectivity index (χ3n) is 3.04. The fourth-order valence-electron chi connectivity index (χ4n) is 2.01. The van der Waals surface area contributed by atoms with Crippen LogP contribution in [0, 0.1) is 0 Å². The number of carbonyl (C=O) groups excluding carboxylic acids is 2. The highest BCUT2D eigenvalue weighted by Crippen LogP contribution is 2.28. The van der Waals surface area contributed by atoms with E-state index in [4.69, 9.17) is 5.11 Å². The van der Waals surface area contributed by atoms with E-state index < -0.39 is 24.1 Å². The van der Waals surface area contributed by atoms with Gasteiger partial charge in [0.15, 0.2) is 6.04 Å². The molecule has 112 valence electrons. The number of rotatable bonds is 3. The van der Waals surface area contributed by atoms with Gasteiger partial charge < -0.3 is 20.8 Å². The molecule has 2 atom stereocenters. The summed E-state index contributed by atoms with van der Waals surface area (Å²) in [5.74, 6) is -1.74. The zero-order valence-electron chi connectivity index (χ0n) is 11.2. The molecule has 4 N–H and O–H groups in total. The minimum absolute atomic E-state index is 0.227. The maximum absolute atomic E-state index is 12.2. The zero-order chi connectivity index (χ0) is 15.6. The van der Waals surface area contributed by atoms with Crippen LogP contribution in [-0.4, -0.2) is 46.8 Å². The first-order valence-electron chi connectivity index (χ1n) is 6.28. The number of nitrogens with zero attached hydrogens (tertiary/aromatic N) is 1. The lowest BCUT2D eigenvalue weighted by Gasteiger charge is -2.30. The number of carboxylic acids is 1. The maximum Gasteiger partial charge on any atom is 0.328 e. The number of hydrogen-bond donors (Lipinski definition) is 4. The van der Waals surface area contributed by atoms with Crippen molar-refractivity contribution in [2.75, 3.05) is 16.8 Å². The molecule has 0 saturated carbocycles. The summed E-state index contributed by atoms with van der Waals surface area (Å²) in [7, 11) is 0. The number of hydrogen-bond acceptors (Lipinski definition) is 4. The molecule has 21 heavy (non-hydrogen) atoms. The lowest BCUT2D eigenvalue weighted by molar-refractivity contribution is -0.141. The van der Waals surface area contributed by atoms with Crippen LogP contribution in [0.3, 0.4) is 0 Å². The Morgan fingerprint density at radius 2 is 2.05 bits per heavy atom. The van der Waals surface area contributed by atoms with Gasteiger partial charge in [0.1, 0.15) is 6.54 Å². The molecule has 8 nitrogen and oxygen atoms in total. The molecule has 1 aliphatic heterocycles. The van der Waals surface area contributed by atoms with Gasteiger partial charge in [-0.2, -0.15) is 0 Å². The Kier molecular flexibility index (Phi) is 4.08. The molecule has 0 radical (unpaired) electrons. The molecule has 0 unspecified atom stereocenters. The highest BCUT2D eigenvalue weighted by atomic mass is 16.4. The number of carboxylic acid groups (broad SMARTS) is 1. The molecule has 3 amide bonds. The van der Waals surface area contributed by atoms with Crippen LogP contribution in [0.25, 0.3) is 0 Å². The predicted octanol–water partition coefficient (Wildman–Crippen LogP) is -0.0113. The molecule has 0 saturated heterocycles. The van der Waals surface area contributed by atoms with Crippen molar-refractivity contribution in [3.05, 3.63) is 24.3 Å². The van der Waals surface area contributed by atoms with Gasteiger partial charge in [0.05, 0.1) is 17.5 Å². The Bertz CT molecular complexity index is 587. The van der Waals surface area contributed by atoms with E-state index in [2.05, 4.69) is 10.6 Å². The predicted molar refractivity (Wildman–Crippen MR) is 74.1 cm³/mol. The van der Waals surface area contributed by atoms with Crippen LogP contribution in [-0.2, 0) is 9.59 Å². The number of benzene rings is 1. The molecule has 0 aromatic heterocycles. The van der Waals surface area contributed by atoms with Crippen molar-refractivity contribution in [1.29, 1.82) is 0 Å². The highest BCUT2D eigenvalue weighted by molar-refractivity contribution is 6.09. The van der Waals surface area contributed by atoms with Crippen molar-refractivity contribution in [2.45, 2.75) is 19.1 Å². The summed E-state index contributed by atoms with van der Waals surface area (Å²) in [6.07, 6.45) is -1.26. The van der Waals surface area contributed by atoms with E-state index in [1.54, 1.807) is 24.3 Å². The van der Waals surface area contributed by atoms with Crippen LogP contribution in [0.15, 0.2) is 24.3 Å². The number of aliphatic hydroxyl groups is 1. The Labute approximate surface area is 120 Å². The number of aliphatic carboxylic acids is 1. The van der Waals surface area contributed by atoms with Gasteiger partial charge in [-0.1, -0.05) is 12.1 Å². The van der Waals surface area contributed by atoms with Gasteiger partial charge in [0, 0.05) is 0 Å². The molecule has 0 fully saturated rings. The zero-order valence-corrected chi connectivity index (χ0v) is 11.2. The van der Waals surface area contributed by atoms with E-state index >= 15 is 0 Å². The average Bonchev–Trinajstić information content (AvgIpc) is 2.42. The summed E-state index contributed by atoms with van der Waals surface area (Å²) in [6.45, 7) is 1.03. The Hall–Kier alpha value is -2.61. The van der Waals surface area contributed by atoms with Gasteiger partial charge in [-0.25, -0.2) is 9.59 Å². The molecule has 0 bridgehead atoms. The Morgan fingerprint density at radius 3 is 2.67 bits per heavy atom. The third kappa shape index (κ3) is 3.11. The minimum atomic E-state index is -1.45. The number of para-hydroxylation sites is 2.